The first kappa shape index (κ1) is 17.7. The molecule has 1 unspecified atom stereocenters. The van der Waals surface area contributed by atoms with Gasteiger partial charge in [0, 0.05) is 25.1 Å². The minimum Gasteiger partial charge on any atom is -0.449 e. The van der Waals surface area contributed by atoms with Gasteiger partial charge in [-0.15, -0.1) is 0 Å². The maximum atomic E-state index is 12.4. The molecule has 23 heavy (non-hydrogen) atoms. The summed E-state index contributed by atoms with van der Waals surface area (Å²) in [6, 6.07) is 6.28. The molecule has 1 heterocycles. The van der Waals surface area contributed by atoms with Crippen molar-refractivity contribution in [1.82, 2.24) is 9.71 Å². The molecule has 0 amide bonds. The van der Waals surface area contributed by atoms with Crippen LogP contribution < -0.4 is 10.5 Å². The second kappa shape index (κ2) is 7.25. The lowest BCUT2D eigenvalue weighted by Gasteiger charge is -2.18. The van der Waals surface area contributed by atoms with Crippen molar-refractivity contribution in [2.24, 2.45) is 11.7 Å². The Balaban J connectivity index is 2.17. The molecule has 0 aliphatic carbocycles. The molecule has 0 bridgehead atoms. The predicted octanol–water partition coefficient (Wildman–Crippen LogP) is 2.30. The summed E-state index contributed by atoms with van der Waals surface area (Å²) < 4.78 is 32.7. The molecule has 0 radical (unpaired) electrons. The van der Waals surface area contributed by atoms with E-state index in [4.69, 9.17) is 10.2 Å². The zero-order valence-electron chi connectivity index (χ0n) is 13.6. The second-order valence-corrected chi connectivity index (χ2v) is 7.67. The fourth-order valence-corrected chi connectivity index (χ4v) is 3.61. The topological polar surface area (TPSA) is 98.2 Å². The summed E-state index contributed by atoms with van der Waals surface area (Å²) in [6.45, 7) is 6.10. The molecule has 1 atom stereocenters. The maximum Gasteiger partial charge on any atom is 0.240 e. The number of nitrogens with two attached hydrogens (primary N) is 1. The van der Waals surface area contributed by atoms with Crippen LogP contribution in [0.3, 0.4) is 0 Å². The van der Waals surface area contributed by atoms with Crippen molar-refractivity contribution in [3.8, 4) is 11.3 Å². The van der Waals surface area contributed by atoms with Gasteiger partial charge in [0.05, 0.1) is 4.90 Å². The fraction of sp³-hybridized carbons (Fsp3) is 0.438. The number of nitrogens with zero attached hydrogens (tertiary/aromatic N) is 1. The minimum absolute atomic E-state index is 0.212. The summed E-state index contributed by atoms with van der Waals surface area (Å²) in [5, 5.41) is 0. The fourth-order valence-electron chi connectivity index (χ4n) is 2.35. The van der Waals surface area contributed by atoms with Crippen LogP contribution in [-0.4, -0.2) is 26.0 Å². The summed E-state index contributed by atoms with van der Waals surface area (Å²) >= 11 is 0. The van der Waals surface area contributed by atoms with Crippen LogP contribution in [0.4, 0.5) is 0 Å². The van der Waals surface area contributed by atoms with Gasteiger partial charge in [0.15, 0.2) is 5.89 Å². The Morgan fingerprint density at radius 1 is 1.26 bits per heavy atom. The number of hydrogen-bond donors (Lipinski definition) is 2. The van der Waals surface area contributed by atoms with Gasteiger partial charge in [-0.2, -0.15) is 0 Å². The summed E-state index contributed by atoms with van der Waals surface area (Å²) in [5.74, 6) is 0.932. The maximum absolute atomic E-state index is 12.4. The van der Waals surface area contributed by atoms with Gasteiger partial charge in [0.25, 0.3) is 0 Å². The predicted molar refractivity (Wildman–Crippen MR) is 89.3 cm³/mol. The molecule has 7 heteroatoms. The van der Waals surface area contributed by atoms with Crippen LogP contribution in [-0.2, 0) is 10.0 Å². The zero-order valence-corrected chi connectivity index (χ0v) is 14.4. The summed E-state index contributed by atoms with van der Waals surface area (Å²) in [5.41, 5.74) is 7.15. The Labute approximate surface area is 137 Å². The van der Waals surface area contributed by atoms with E-state index in [9.17, 15) is 8.42 Å². The van der Waals surface area contributed by atoms with Crippen molar-refractivity contribution in [1.29, 1.82) is 0 Å². The monoisotopic (exact) mass is 337 g/mol. The number of hydrogen-bond acceptors (Lipinski definition) is 5. The van der Waals surface area contributed by atoms with Gasteiger partial charge >= 0.3 is 0 Å². The Morgan fingerprint density at radius 3 is 2.39 bits per heavy atom. The number of oxazole rings is 1. The first-order valence-electron chi connectivity index (χ1n) is 7.57. The molecule has 2 aromatic rings. The highest BCUT2D eigenvalue weighted by atomic mass is 32.2. The van der Waals surface area contributed by atoms with Gasteiger partial charge in [-0.3, -0.25) is 0 Å². The largest absolute Gasteiger partial charge is 0.449 e. The second-order valence-electron chi connectivity index (χ2n) is 5.96. The van der Waals surface area contributed by atoms with Crippen molar-refractivity contribution >= 4 is 10.0 Å². The molecule has 2 rings (SSSR count). The molecule has 0 saturated heterocycles. The lowest BCUT2D eigenvalue weighted by atomic mass is 10.1. The number of nitrogens with one attached hydrogen (secondary N) is 1. The van der Waals surface area contributed by atoms with Crippen LogP contribution in [0.5, 0.6) is 0 Å². The van der Waals surface area contributed by atoms with Crippen molar-refractivity contribution in [3.05, 3.63) is 36.4 Å². The van der Waals surface area contributed by atoms with E-state index in [1.165, 1.54) is 0 Å². The highest BCUT2D eigenvalue weighted by Crippen LogP contribution is 2.21. The molecule has 0 saturated carbocycles. The van der Waals surface area contributed by atoms with Crippen LogP contribution in [0.15, 0.2) is 39.8 Å². The van der Waals surface area contributed by atoms with Crippen molar-refractivity contribution in [2.75, 3.05) is 6.54 Å². The lowest BCUT2D eigenvalue weighted by molar-refractivity contribution is 0.465. The summed E-state index contributed by atoms with van der Waals surface area (Å²) in [4.78, 5) is 4.43. The molecule has 1 aromatic carbocycles. The molecule has 0 aliphatic rings. The Hall–Kier alpha value is -1.70. The molecule has 0 fully saturated rings. The molecular formula is C16H23N3O3S. The third-order valence-corrected chi connectivity index (χ3v) is 4.98. The summed E-state index contributed by atoms with van der Waals surface area (Å²) in [7, 11) is -3.58. The number of aromatic nitrogens is 1. The standard InChI is InChI=1S/C16H23N3O3S/c1-11(2)8-14(9-17)19-23(20,21)15-6-4-13(5-7-15)16-10-22-12(3)18-16/h4-7,10-11,14,19H,8-9,17H2,1-3H3. The third-order valence-electron chi connectivity index (χ3n) is 3.44. The van der Waals surface area contributed by atoms with Crippen molar-refractivity contribution in [3.63, 3.8) is 0 Å². The van der Waals surface area contributed by atoms with E-state index < -0.39 is 10.0 Å². The normalized spacial score (nSPS) is 13.4. The molecular weight excluding hydrogens is 314 g/mol. The van der Waals surface area contributed by atoms with E-state index >= 15 is 0 Å². The highest BCUT2D eigenvalue weighted by molar-refractivity contribution is 7.89. The smallest absolute Gasteiger partial charge is 0.240 e. The minimum atomic E-state index is -3.58. The van der Waals surface area contributed by atoms with Gasteiger partial charge in [-0.05, 0) is 24.5 Å². The zero-order chi connectivity index (χ0) is 17.0. The van der Waals surface area contributed by atoms with Gasteiger partial charge in [-0.25, -0.2) is 18.1 Å². The highest BCUT2D eigenvalue weighted by Gasteiger charge is 2.20. The van der Waals surface area contributed by atoms with Gasteiger partial charge in [0.1, 0.15) is 12.0 Å². The van der Waals surface area contributed by atoms with Crippen LogP contribution in [0, 0.1) is 12.8 Å². The first-order valence-corrected chi connectivity index (χ1v) is 9.05. The van der Waals surface area contributed by atoms with Crippen LogP contribution in [0.1, 0.15) is 26.2 Å². The van der Waals surface area contributed by atoms with Crippen LogP contribution >= 0.6 is 0 Å². The van der Waals surface area contributed by atoms with E-state index in [1.807, 2.05) is 13.8 Å². The molecule has 0 spiro atoms. The van der Waals surface area contributed by atoms with Gasteiger partial charge < -0.3 is 10.2 Å². The average molecular weight is 337 g/mol. The van der Waals surface area contributed by atoms with Crippen LogP contribution in [0.2, 0.25) is 0 Å². The van der Waals surface area contributed by atoms with E-state index in [2.05, 4.69) is 9.71 Å². The first-order chi connectivity index (χ1) is 10.8. The molecule has 0 aliphatic heterocycles. The Bertz CT molecular complexity index is 736. The molecule has 6 nitrogen and oxygen atoms in total. The number of aryl methyl sites for hydroxylation is 1. The van der Waals surface area contributed by atoms with E-state index in [1.54, 1.807) is 37.5 Å². The number of sulfonamides is 1. The molecule has 1 aromatic heterocycles. The molecule has 126 valence electrons. The Kier molecular flexibility index (Phi) is 5.56. The summed E-state index contributed by atoms with van der Waals surface area (Å²) in [6.07, 6.45) is 2.25. The third kappa shape index (κ3) is 4.63. The lowest BCUT2D eigenvalue weighted by Crippen LogP contribution is -2.40. The van der Waals surface area contributed by atoms with Crippen molar-refractivity contribution in [2.45, 2.75) is 38.1 Å². The quantitative estimate of drug-likeness (QED) is 0.808. The van der Waals surface area contributed by atoms with Gasteiger partial charge in [0.2, 0.25) is 10.0 Å². The average Bonchev–Trinajstić information content (AvgIpc) is 2.92. The number of rotatable bonds is 7. The number of benzene rings is 1. The van der Waals surface area contributed by atoms with E-state index in [0.29, 0.717) is 23.9 Å². The molecule has 3 N–H and O–H groups in total. The van der Waals surface area contributed by atoms with E-state index in [0.717, 1.165) is 5.56 Å². The Morgan fingerprint density at radius 2 is 1.91 bits per heavy atom. The van der Waals surface area contributed by atoms with Crippen LogP contribution in [0.25, 0.3) is 11.3 Å². The van der Waals surface area contributed by atoms with Crippen molar-refractivity contribution < 1.29 is 12.8 Å². The SMILES string of the molecule is Cc1nc(-c2ccc(S(=O)(=O)NC(CN)CC(C)C)cc2)co1. The van der Waals surface area contributed by atoms with Gasteiger partial charge in [-0.1, -0.05) is 26.0 Å². The van der Waals surface area contributed by atoms with E-state index in [-0.39, 0.29) is 17.5 Å².